The van der Waals surface area contributed by atoms with Crippen LogP contribution in [0.2, 0.25) is 0 Å². The number of carbonyl (C=O) groups is 1. The number of aromatic nitrogens is 3. The van der Waals surface area contributed by atoms with E-state index in [0.717, 1.165) is 5.16 Å². The van der Waals surface area contributed by atoms with Gasteiger partial charge in [-0.3, -0.25) is 4.79 Å². The first-order chi connectivity index (χ1) is 6.65. The number of nitrogens with two attached hydrogens (primary N) is 1. The summed E-state index contributed by atoms with van der Waals surface area (Å²) >= 11 is 1.44. The molecule has 7 heteroatoms. The zero-order valence-electron chi connectivity index (χ0n) is 8.10. The lowest BCUT2D eigenvalue weighted by atomic mass is 10.3. The Labute approximate surface area is 86.3 Å². The summed E-state index contributed by atoms with van der Waals surface area (Å²) < 4.78 is 1.79. The van der Waals surface area contributed by atoms with Crippen molar-refractivity contribution in [1.82, 2.24) is 20.1 Å². The average Bonchev–Trinajstić information content (AvgIpc) is 2.52. The van der Waals surface area contributed by atoms with E-state index in [-0.39, 0.29) is 11.9 Å². The molecule has 0 bridgehead atoms. The Morgan fingerprint density at radius 1 is 1.86 bits per heavy atom. The van der Waals surface area contributed by atoms with Crippen LogP contribution in [0.1, 0.15) is 0 Å². The molecule has 1 aromatic rings. The zero-order valence-corrected chi connectivity index (χ0v) is 8.91. The maximum Gasteiger partial charge on any atom is 0.235 e. The molecule has 78 valence electrons. The summed E-state index contributed by atoms with van der Waals surface area (Å²) in [6.45, 7) is 0. The van der Waals surface area contributed by atoms with Crippen LogP contribution < -0.4 is 11.1 Å². The third-order valence-electron chi connectivity index (χ3n) is 1.74. The lowest BCUT2D eigenvalue weighted by molar-refractivity contribution is -0.119. The van der Waals surface area contributed by atoms with Gasteiger partial charge in [-0.1, -0.05) is 11.8 Å². The fourth-order valence-corrected chi connectivity index (χ4v) is 1.87. The Hall–Kier alpha value is -1.08. The molecule has 0 aromatic carbocycles. The number of nitrogens with zero attached hydrogens (tertiary/aromatic N) is 3. The Morgan fingerprint density at radius 3 is 3.00 bits per heavy atom. The van der Waals surface area contributed by atoms with Gasteiger partial charge < -0.3 is 15.6 Å². The second-order valence-electron chi connectivity index (χ2n) is 2.78. The standard InChI is InChI=1S/C7H13N5OS/c1-9-5(6(8)13)3-14-7-11-10-4-12(7)2/h4-5,9H,3H2,1-2H3,(H2,8,13). The molecule has 1 aromatic heterocycles. The summed E-state index contributed by atoms with van der Waals surface area (Å²) in [5, 5.41) is 11.2. The quantitative estimate of drug-likeness (QED) is 0.614. The summed E-state index contributed by atoms with van der Waals surface area (Å²) in [6.07, 6.45) is 1.61. The molecule has 1 atom stereocenters. The normalized spacial score (nSPS) is 12.7. The van der Waals surface area contributed by atoms with Gasteiger partial charge in [0.2, 0.25) is 5.91 Å². The molecule has 0 aliphatic heterocycles. The number of primary amides is 1. The number of nitrogens with one attached hydrogen (secondary N) is 1. The first-order valence-electron chi connectivity index (χ1n) is 4.08. The van der Waals surface area contributed by atoms with Crippen LogP contribution in [0.25, 0.3) is 0 Å². The lowest BCUT2D eigenvalue weighted by Gasteiger charge is -2.10. The van der Waals surface area contributed by atoms with E-state index in [1.165, 1.54) is 11.8 Å². The van der Waals surface area contributed by atoms with Gasteiger partial charge in [-0.2, -0.15) is 0 Å². The van der Waals surface area contributed by atoms with E-state index in [1.54, 1.807) is 17.9 Å². The first-order valence-corrected chi connectivity index (χ1v) is 5.07. The number of thioether (sulfide) groups is 1. The fraction of sp³-hybridized carbons (Fsp3) is 0.571. The van der Waals surface area contributed by atoms with Crippen LogP contribution in [0.3, 0.4) is 0 Å². The van der Waals surface area contributed by atoms with E-state index < -0.39 is 0 Å². The van der Waals surface area contributed by atoms with Gasteiger partial charge in [-0.05, 0) is 7.05 Å². The van der Waals surface area contributed by atoms with Crippen LogP contribution in [-0.2, 0) is 11.8 Å². The average molecular weight is 215 g/mol. The number of hydrogen-bond acceptors (Lipinski definition) is 5. The predicted octanol–water partition coefficient (Wildman–Crippen LogP) is -1.02. The number of aryl methyl sites for hydroxylation is 1. The molecule has 0 aliphatic rings. The van der Waals surface area contributed by atoms with Gasteiger partial charge in [-0.25, -0.2) is 0 Å². The smallest absolute Gasteiger partial charge is 0.235 e. The maximum absolute atomic E-state index is 10.9. The van der Waals surface area contributed by atoms with Crippen molar-refractivity contribution in [1.29, 1.82) is 0 Å². The molecule has 1 unspecified atom stereocenters. The van der Waals surface area contributed by atoms with Crippen LogP contribution in [0, 0.1) is 0 Å². The molecule has 0 aliphatic carbocycles. The highest BCUT2D eigenvalue weighted by Crippen LogP contribution is 2.13. The van der Waals surface area contributed by atoms with E-state index in [1.807, 2.05) is 7.05 Å². The largest absolute Gasteiger partial charge is 0.368 e. The van der Waals surface area contributed by atoms with Gasteiger partial charge in [0.1, 0.15) is 6.33 Å². The first kappa shape index (κ1) is 11.0. The van der Waals surface area contributed by atoms with E-state index >= 15 is 0 Å². The Balaban J connectivity index is 2.47. The van der Waals surface area contributed by atoms with Crippen molar-refractivity contribution in [2.45, 2.75) is 11.2 Å². The lowest BCUT2D eigenvalue weighted by Crippen LogP contribution is -2.41. The van der Waals surface area contributed by atoms with Crippen LogP contribution >= 0.6 is 11.8 Å². The van der Waals surface area contributed by atoms with Crippen LogP contribution in [-0.4, -0.2) is 39.5 Å². The monoisotopic (exact) mass is 215 g/mol. The molecule has 0 spiro atoms. The summed E-state index contributed by atoms with van der Waals surface area (Å²) in [7, 11) is 3.55. The highest BCUT2D eigenvalue weighted by Gasteiger charge is 2.14. The second-order valence-corrected chi connectivity index (χ2v) is 3.77. The number of hydrogen-bond donors (Lipinski definition) is 2. The van der Waals surface area contributed by atoms with Gasteiger partial charge in [0.05, 0.1) is 6.04 Å². The van der Waals surface area contributed by atoms with Gasteiger partial charge in [-0.15, -0.1) is 10.2 Å². The van der Waals surface area contributed by atoms with Crippen LogP contribution in [0.4, 0.5) is 0 Å². The van der Waals surface area contributed by atoms with E-state index in [0.29, 0.717) is 5.75 Å². The Bertz CT molecular complexity index is 313. The van der Waals surface area contributed by atoms with Crippen molar-refractivity contribution in [3.8, 4) is 0 Å². The van der Waals surface area contributed by atoms with Crippen molar-refractivity contribution in [2.24, 2.45) is 12.8 Å². The minimum absolute atomic E-state index is 0.336. The van der Waals surface area contributed by atoms with E-state index in [2.05, 4.69) is 15.5 Å². The molecule has 0 saturated heterocycles. The fourth-order valence-electron chi connectivity index (χ4n) is 0.869. The van der Waals surface area contributed by atoms with Crippen molar-refractivity contribution in [3.63, 3.8) is 0 Å². The van der Waals surface area contributed by atoms with Crippen LogP contribution in [0.15, 0.2) is 11.5 Å². The number of amides is 1. The third kappa shape index (κ3) is 2.71. The molecule has 6 nitrogen and oxygen atoms in total. The molecule has 0 saturated carbocycles. The molecular formula is C7H13N5OS. The minimum Gasteiger partial charge on any atom is -0.368 e. The minimum atomic E-state index is -0.359. The van der Waals surface area contributed by atoms with Crippen molar-refractivity contribution in [2.75, 3.05) is 12.8 Å². The van der Waals surface area contributed by atoms with Gasteiger partial charge in [0.15, 0.2) is 5.16 Å². The second kappa shape index (κ2) is 4.97. The summed E-state index contributed by atoms with van der Waals surface area (Å²) in [4.78, 5) is 10.9. The summed E-state index contributed by atoms with van der Waals surface area (Å²) in [6, 6.07) is -0.336. The molecular weight excluding hydrogens is 202 g/mol. The number of rotatable bonds is 5. The SMILES string of the molecule is CNC(CSc1nncn1C)C(N)=O. The van der Waals surface area contributed by atoms with Gasteiger partial charge in [0.25, 0.3) is 0 Å². The van der Waals surface area contributed by atoms with Crippen molar-refractivity contribution >= 4 is 17.7 Å². The third-order valence-corrected chi connectivity index (χ3v) is 2.87. The Kier molecular flexibility index (Phi) is 3.90. The molecule has 1 rings (SSSR count). The molecule has 3 N–H and O–H groups in total. The molecule has 14 heavy (non-hydrogen) atoms. The molecule has 1 heterocycles. The number of likely N-dealkylation sites (N-methyl/N-ethyl adjacent to an activating group) is 1. The highest BCUT2D eigenvalue weighted by molar-refractivity contribution is 7.99. The zero-order chi connectivity index (χ0) is 10.6. The van der Waals surface area contributed by atoms with Gasteiger partial charge >= 0.3 is 0 Å². The van der Waals surface area contributed by atoms with E-state index in [9.17, 15) is 4.79 Å². The molecule has 0 fully saturated rings. The highest BCUT2D eigenvalue weighted by atomic mass is 32.2. The summed E-state index contributed by atoms with van der Waals surface area (Å²) in [5.74, 6) is 0.195. The van der Waals surface area contributed by atoms with Crippen molar-refractivity contribution in [3.05, 3.63) is 6.33 Å². The molecule has 1 amide bonds. The topological polar surface area (TPSA) is 85.8 Å². The van der Waals surface area contributed by atoms with Crippen molar-refractivity contribution < 1.29 is 4.79 Å². The van der Waals surface area contributed by atoms with Crippen LogP contribution in [0.5, 0.6) is 0 Å². The summed E-state index contributed by atoms with van der Waals surface area (Å²) in [5.41, 5.74) is 5.17. The number of carbonyl (C=O) groups excluding carboxylic acids is 1. The predicted molar refractivity (Wildman–Crippen MR) is 53.8 cm³/mol. The molecule has 0 radical (unpaired) electrons. The van der Waals surface area contributed by atoms with E-state index in [4.69, 9.17) is 5.73 Å². The van der Waals surface area contributed by atoms with Gasteiger partial charge in [0, 0.05) is 12.8 Å². The Morgan fingerprint density at radius 2 is 2.57 bits per heavy atom. The maximum atomic E-state index is 10.9.